The van der Waals surface area contributed by atoms with Crippen LogP contribution < -0.4 is 0 Å². The molecule has 0 aromatic rings. The van der Waals surface area contributed by atoms with Gasteiger partial charge in [-0.05, 0) is 25.9 Å². The zero-order chi connectivity index (χ0) is 21.8. The fraction of sp³-hybridized carbons (Fsp3) is 0.833. The monoisotopic (exact) mass is 442 g/mol. The Bertz CT molecular complexity index is 370. The van der Waals surface area contributed by atoms with Gasteiger partial charge in [0.1, 0.15) is 0 Å². The summed E-state index contributed by atoms with van der Waals surface area (Å²) >= 11 is 0. The first kappa shape index (κ1) is 28.8. The first-order chi connectivity index (χ1) is 13.9. The molecule has 0 rings (SSSR count). The highest BCUT2D eigenvalue weighted by atomic mass is 28.5. The maximum absolute atomic E-state index is 6.44. The van der Waals surface area contributed by atoms with Gasteiger partial charge in [0.2, 0.25) is 0 Å². The van der Waals surface area contributed by atoms with Crippen LogP contribution in [-0.4, -0.2) is 30.3 Å². The van der Waals surface area contributed by atoms with E-state index in [9.17, 15) is 0 Å². The summed E-state index contributed by atoms with van der Waals surface area (Å²) in [5, 5.41) is 0. The molecule has 0 fully saturated rings. The average molecular weight is 443 g/mol. The van der Waals surface area contributed by atoms with Crippen LogP contribution in [0.15, 0.2) is 24.6 Å². The van der Waals surface area contributed by atoms with Gasteiger partial charge in [0.15, 0.2) is 0 Å². The van der Waals surface area contributed by atoms with Crippen LogP contribution in [0.25, 0.3) is 0 Å². The number of unbranched alkanes of at least 4 members (excludes halogenated alkanes) is 12. The summed E-state index contributed by atoms with van der Waals surface area (Å²) in [5.41, 5.74) is 3.78. The van der Waals surface area contributed by atoms with Crippen LogP contribution in [0.5, 0.6) is 0 Å². The van der Waals surface area contributed by atoms with E-state index in [1.807, 2.05) is 11.4 Å². The van der Waals surface area contributed by atoms with Gasteiger partial charge in [-0.1, -0.05) is 102 Å². The fourth-order valence-electron chi connectivity index (χ4n) is 3.33. The standard InChI is InChI=1S/C24H50O3Si2/c1-7-11-13-15-17-19-21-23-25-28(5,9-3)27-29(6,10-4)26-24-22-20-18-16-14-12-8-2/h9-10H,3-4,7-8,11-24H2,1-2,5-6H3. The second kappa shape index (κ2) is 18.6. The lowest BCUT2D eigenvalue weighted by Gasteiger charge is -2.33. The molecule has 0 amide bonds. The molecule has 0 spiro atoms. The van der Waals surface area contributed by atoms with Crippen molar-refractivity contribution in [1.82, 2.24) is 0 Å². The van der Waals surface area contributed by atoms with Crippen molar-refractivity contribution < 1.29 is 13.0 Å². The molecule has 2 atom stereocenters. The largest absolute Gasteiger partial charge is 0.409 e. The lowest BCUT2D eigenvalue weighted by Crippen LogP contribution is -2.50. The Balaban J connectivity index is 4.11. The van der Waals surface area contributed by atoms with E-state index in [1.54, 1.807) is 0 Å². The molecule has 3 nitrogen and oxygen atoms in total. The van der Waals surface area contributed by atoms with Gasteiger partial charge in [0.05, 0.1) is 0 Å². The fourth-order valence-corrected chi connectivity index (χ4v) is 9.02. The third-order valence-electron chi connectivity index (χ3n) is 5.42. The Hall–Kier alpha value is -0.206. The predicted octanol–water partition coefficient (Wildman–Crippen LogP) is 8.13. The van der Waals surface area contributed by atoms with Gasteiger partial charge in [0, 0.05) is 13.2 Å². The summed E-state index contributed by atoms with van der Waals surface area (Å²) in [5.74, 6) is 0. The van der Waals surface area contributed by atoms with Gasteiger partial charge in [0.25, 0.3) is 0 Å². The molecule has 0 saturated carbocycles. The van der Waals surface area contributed by atoms with E-state index in [0.717, 1.165) is 26.1 Å². The van der Waals surface area contributed by atoms with E-state index in [4.69, 9.17) is 13.0 Å². The van der Waals surface area contributed by atoms with Crippen molar-refractivity contribution in [3.05, 3.63) is 24.6 Å². The van der Waals surface area contributed by atoms with Crippen molar-refractivity contribution in [2.75, 3.05) is 13.2 Å². The molecule has 2 unspecified atom stereocenters. The SMILES string of the molecule is C=C[Si](C)(OCCCCCCCCC)O[Si](C)(C=C)OCCCCCCCCC. The van der Waals surface area contributed by atoms with E-state index in [1.165, 1.54) is 77.0 Å². The van der Waals surface area contributed by atoms with E-state index < -0.39 is 17.1 Å². The van der Waals surface area contributed by atoms with Crippen LogP contribution in [0.4, 0.5) is 0 Å². The van der Waals surface area contributed by atoms with Gasteiger partial charge in [-0.25, -0.2) is 0 Å². The number of rotatable bonds is 22. The Labute approximate surface area is 184 Å². The zero-order valence-corrected chi connectivity index (χ0v) is 22.1. The number of hydrogen-bond donors (Lipinski definition) is 0. The molecule has 0 aliphatic carbocycles. The summed E-state index contributed by atoms with van der Waals surface area (Å²) in [4.78, 5) is 0. The molecular weight excluding hydrogens is 392 g/mol. The van der Waals surface area contributed by atoms with Gasteiger partial charge in [-0.2, -0.15) is 0 Å². The molecule has 0 aliphatic rings. The highest BCUT2D eigenvalue weighted by molar-refractivity contribution is 6.84. The molecule has 172 valence electrons. The second-order valence-electron chi connectivity index (χ2n) is 8.48. The smallest absolute Gasteiger partial charge is 0.352 e. The lowest BCUT2D eigenvalue weighted by atomic mass is 10.1. The molecule has 0 N–H and O–H groups in total. The van der Waals surface area contributed by atoms with E-state index in [2.05, 4.69) is 40.1 Å². The second-order valence-corrected chi connectivity index (χ2v) is 14.8. The highest BCUT2D eigenvalue weighted by Crippen LogP contribution is 2.20. The van der Waals surface area contributed by atoms with Crippen molar-refractivity contribution >= 4 is 17.1 Å². The first-order valence-electron chi connectivity index (χ1n) is 12.2. The molecule has 29 heavy (non-hydrogen) atoms. The minimum Gasteiger partial charge on any atom is -0.409 e. The molecule has 0 bridgehead atoms. The van der Waals surface area contributed by atoms with Crippen LogP contribution in [-0.2, 0) is 13.0 Å². The maximum atomic E-state index is 6.44. The Morgan fingerprint density at radius 3 is 1.17 bits per heavy atom. The first-order valence-corrected chi connectivity index (χ1v) is 17.0. The molecule has 0 aromatic heterocycles. The summed E-state index contributed by atoms with van der Waals surface area (Å²) in [6, 6.07) is 0. The maximum Gasteiger partial charge on any atom is 0.352 e. The van der Waals surface area contributed by atoms with Crippen LogP contribution >= 0.6 is 0 Å². The number of hydrogen-bond acceptors (Lipinski definition) is 3. The third kappa shape index (κ3) is 16.2. The predicted molar refractivity (Wildman–Crippen MR) is 133 cm³/mol. The summed E-state index contributed by atoms with van der Waals surface area (Å²) < 4.78 is 18.8. The molecular formula is C24H50O3Si2. The minimum atomic E-state index is -2.42. The molecule has 0 aliphatic heterocycles. The van der Waals surface area contributed by atoms with Gasteiger partial charge in [-0.3, -0.25) is 0 Å². The normalized spacial score (nSPS) is 15.6. The lowest BCUT2D eigenvalue weighted by molar-refractivity contribution is 0.196. The molecule has 0 aromatic carbocycles. The van der Waals surface area contributed by atoms with Crippen molar-refractivity contribution in [3.63, 3.8) is 0 Å². The van der Waals surface area contributed by atoms with Crippen LogP contribution in [0, 0.1) is 0 Å². The van der Waals surface area contributed by atoms with E-state index >= 15 is 0 Å². The third-order valence-corrected chi connectivity index (χ3v) is 11.7. The van der Waals surface area contributed by atoms with Crippen LogP contribution in [0.1, 0.15) is 104 Å². The molecule has 0 radical (unpaired) electrons. The van der Waals surface area contributed by atoms with Crippen LogP contribution in [0.3, 0.4) is 0 Å². The summed E-state index contributed by atoms with van der Waals surface area (Å²) in [6.45, 7) is 18.1. The summed E-state index contributed by atoms with van der Waals surface area (Å²) in [7, 11) is -4.84. The van der Waals surface area contributed by atoms with Crippen LogP contribution in [0.2, 0.25) is 13.1 Å². The van der Waals surface area contributed by atoms with Crippen molar-refractivity contribution in [3.8, 4) is 0 Å². The van der Waals surface area contributed by atoms with Crippen molar-refractivity contribution in [2.45, 2.75) is 117 Å². The molecule has 0 heterocycles. The van der Waals surface area contributed by atoms with Gasteiger partial charge >= 0.3 is 17.1 Å². The molecule has 0 saturated heterocycles. The van der Waals surface area contributed by atoms with Crippen molar-refractivity contribution in [2.24, 2.45) is 0 Å². The average Bonchev–Trinajstić information content (AvgIpc) is 2.72. The van der Waals surface area contributed by atoms with Crippen molar-refractivity contribution in [1.29, 1.82) is 0 Å². The minimum absolute atomic E-state index is 0.752. The van der Waals surface area contributed by atoms with E-state index in [-0.39, 0.29) is 0 Å². The summed E-state index contributed by atoms with van der Waals surface area (Å²) in [6.07, 6.45) is 18.0. The highest BCUT2D eigenvalue weighted by Gasteiger charge is 2.39. The van der Waals surface area contributed by atoms with Gasteiger partial charge < -0.3 is 13.0 Å². The van der Waals surface area contributed by atoms with Gasteiger partial charge in [-0.15, -0.1) is 13.2 Å². The topological polar surface area (TPSA) is 27.7 Å². The van der Waals surface area contributed by atoms with E-state index in [0.29, 0.717) is 0 Å². The molecule has 5 heteroatoms. The Morgan fingerprint density at radius 1 is 0.552 bits per heavy atom. The Kier molecular flexibility index (Phi) is 18.4. The quantitative estimate of drug-likeness (QED) is 0.125. The zero-order valence-electron chi connectivity index (χ0n) is 20.1. The Morgan fingerprint density at radius 2 is 0.862 bits per heavy atom.